The van der Waals surface area contributed by atoms with Crippen molar-refractivity contribution in [1.29, 1.82) is 0 Å². The van der Waals surface area contributed by atoms with Gasteiger partial charge >= 0.3 is 11.9 Å². The van der Waals surface area contributed by atoms with Crippen molar-refractivity contribution in [2.24, 2.45) is 0 Å². The number of rotatable bonds is 4. The van der Waals surface area contributed by atoms with Crippen LogP contribution < -0.4 is 11.3 Å². The van der Waals surface area contributed by atoms with E-state index in [4.69, 9.17) is 5.73 Å². The summed E-state index contributed by atoms with van der Waals surface area (Å²) >= 11 is 0. The van der Waals surface area contributed by atoms with Crippen LogP contribution in [-0.4, -0.2) is 36.7 Å². The van der Waals surface area contributed by atoms with Crippen molar-refractivity contribution in [2.45, 2.75) is 0 Å². The molecule has 0 aliphatic heterocycles. The fourth-order valence-corrected chi connectivity index (χ4v) is 2.63. The van der Waals surface area contributed by atoms with Gasteiger partial charge in [0.25, 0.3) is 5.56 Å². The summed E-state index contributed by atoms with van der Waals surface area (Å²) in [4.78, 5) is 41.4. The number of pyridine rings is 1. The Morgan fingerprint density at radius 1 is 1.12 bits per heavy atom. The molecule has 126 valence electrons. The van der Waals surface area contributed by atoms with Gasteiger partial charge in [-0.1, -0.05) is 18.2 Å². The van der Waals surface area contributed by atoms with Gasteiger partial charge in [0.15, 0.2) is 0 Å². The molecule has 0 spiro atoms. The molecule has 9 nitrogen and oxygen atoms in total. The number of para-hydroxylation sites is 1. The Labute approximate surface area is 140 Å². The Morgan fingerprint density at radius 2 is 1.80 bits per heavy atom. The zero-order chi connectivity index (χ0) is 18.1. The number of aromatic nitrogens is 3. The van der Waals surface area contributed by atoms with Crippen LogP contribution in [0.3, 0.4) is 0 Å². The summed E-state index contributed by atoms with van der Waals surface area (Å²) in [5, 5.41) is 19.0. The number of nitrogens with zero attached hydrogens (tertiary/aromatic N) is 2. The highest BCUT2D eigenvalue weighted by Crippen LogP contribution is 2.33. The predicted molar refractivity (Wildman–Crippen MR) is 88.0 cm³/mol. The van der Waals surface area contributed by atoms with E-state index in [1.807, 2.05) is 0 Å². The third-order valence-corrected chi connectivity index (χ3v) is 3.63. The summed E-state index contributed by atoms with van der Waals surface area (Å²) in [5.74, 6) is -3.43. The summed E-state index contributed by atoms with van der Waals surface area (Å²) in [6.45, 7) is 0. The van der Waals surface area contributed by atoms with E-state index >= 15 is 0 Å². The Balaban J connectivity index is 2.49. The number of aromatic amines is 1. The SMILES string of the molecule is Nc1[nH]c(=O)c(C(=O)O)c(-c2ccccc2-n2ccnc2)c1C(=O)O. The Kier molecular flexibility index (Phi) is 3.82. The van der Waals surface area contributed by atoms with Crippen LogP contribution in [0.25, 0.3) is 16.8 Å². The summed E-state index contributed by atoms with van der Waals surface area (Å²) in [6, 6.07) is 6.45. The maximum atomic E-state index is 12.1. The lowest BCUT2D eigenvalue weighted by atomic mass is 9.94. The first kappa shape index (κ1) is 16.0. The average molecular weight is 340 g/mol. The minimum atomic E-state index is -1.56. The van der Waals surface area contributed by atoms with Gasteiger partial charge in [-0.25, -0.2) is 14.6 Å². The molecule has 0 radical (unpaired) electrons. The van der Waals surface area contributed by atoms with Crippen LogP contribution in [0.15, 0.2) is 47.8 Å². The van der Waals surface area contributed by atoms with Crippen molar-refractivity contribution in [3.05, 3.63) is 64.5 Å². The molecule has 1 aromatic carbocycles. The van der Waals surface area contributed by atoms with Crippen molar-refractivity contribution in [3.8, 4) is 16.8 Å². The highest BCUT2D eigenvalue weighted by atomic mass is 16.4. The fourth-order valence-electron chi connectivity index (χ4n) is 2.63. The molecule has 0 bridgehead atoms. The normalized spacial score (nSPS) is 10.6. The number of hydrogen-bond acceptors (Lipinski definition) is 5. The quantitative estimate of drug-likeness (QED) is 0.557. The summed E-state index contributed by atoms with van der Waals surface area (Å²) < 4.78 is 1.57. The van der Waals surface area contributed by atoms with E-state index in [0.29, 0.717) is 5.69 Å². The molecule has 2 aromatic heterocycles. The number of carbonyl (C=O) groups is 2. The molecular weight excluding hydrogens is 328 g/mol. The van der Waals surface area contributed by atoms with Crippen molar-refractivity contribution in [1.82, 2.24) is 14.5 Å². The predicted octanol–water partition coefficient (Wildman–Crippen LogP) is 1.21. The van der Waals surface area contributed by atoms with Crippen LogP contribution in [-0.2, 0) is 0 Å². The van der Waals surface area contributed by atoms with Gasteiger partial charge in [-0.05, 0) is 6.07 Å². The molecule has 25 heavy (non-hydrogen) atoms. The first-order valence-corrected chi connectivity index (χ1v) is 7.02. The van der Waals surface area contributed by atoms with Gasteiger partial charge in [0, 0.05) is 23.5 Å². The Morgan fingerprint density at radius 3 is 2.40 bits per heavy atom. The van der Waals surface area contributed by atoms with Gasteiger partial charge in [-0.15, -0.1) is 0 Å². The second kappa shape index (κ2) is 5.96. The number of imidazole rings is 1. The Hall–Kier alpha value is -3.88. The van der Waals surface area contributed by atoms with E-state index < -0.39 is 34.4 Å². The molecule has 3 rings (SSSR count). The second-order valence-electron chi connectivity index (χ2n) is 5.09. The zero-order valence-electron chi connectivity index (χ0n) is 12.6. The number of nitrogens with one attached hydrogen (secondary N) is 1. The number of anilines is 1. The van der Waals surface area contributed by atoms with Crippen LogP contribution in [0.2, 0.25) is 0 Å². The highest BCUT2D eigenvalue weighted by Gasteiger charge is 2.28. The van der Waals surface area contributed by atoms with Gasteiger partial charge < -0.3 is 25.5 Å². The summed E-state index contributed by atoms with van der Waals surface area (Å²) in [7, 11) is 0. The van der Waals surface area contributed by atoms with E-state index in [1.54, 1.807) is 29.0 Å². The van der Waals surface area contributed by atoms with E-state index in [9.17, 15) is 24.6 Å². The first-order valence-electron chi connectivity index (χ1n) is 7.02. The standard InChI is InChI=1S/C16H12N4O5/c17-13-11(15(22)23)10(12(16(24)25)14(21)19-13)8-3-1-2-4-9(8)20-6-5-18-7-20/h1-7H,(H,22,23)(H,24,25)(H3,17,19,21). The number of carboxylic acid groups (broad SMARTS) is 2. The van der Waals surface area contributed by atoms with Crippen molar-refractivity contribution in [2.75, 3.05) is 5.73 Å². The zero-order valence-corrected chi connectivity index (χ0v) is 12.6. The monoisotopic (exact) mass is 340 g/mol. The Bertz CT molecular complexity index is 1040. The van der Waals surface area contributed by atoms with Crippen molar-refractivity contribution >= 4 is 17.8 Å². The maximum Gasteiger partial charge on any atom is 0.342 e. The second-order valence-corrected chi connectivity index (χ2v) is 5.09. The maximum absolute atomic E-state index is 12.1. The molecule has 0 saturated carbocycles. The molecular formula is C16H12N4O5. The molecule has 2 heterocycles. The molecule has 3 aromatic rings. The highest BCUT2D eigenvalue weighted by molar-refractivity contribution is 6.08. The summed E-state index contributed by atoms with van der Waals surface area (Å²) in [5.41, 5.74) is 3.92. The lowest BCUT2D eigenvalue weighted by Gasteiger charge is -2.15. The third-order valence-electron chi connectivity index (χ3n) is 3.63. The number of benzene rings is 1. The molecule has 0 amide bonds. The number of nitrogen functional groups attached to an aromatic ring is 1. The number of hydrogen-bond donors (Lipinski definition) is 4. The lowest BCUT2D eigenvalue weighted by molar-refractivity contribution is 0.0695. The molecule has 5 N–H and O–H groups in total. The lowest BCUT2D eigenvalue weighted by Crippen LogP contribution is -2.24. The van der Waals surface area contributed by atoms with Gasteiger partial charge in [0.05, 0.1) is 12.0 Å². The van der Waals surface area contributed by atoms with E-state index in [-0.39, 0.29) is 11.1 Å². The number of aromatic carboxylic acids is 2. The topological polar surface area (TPSA) is 151 Å². The van der Waals surface area contributed by atoms with Crippen molar-refractivity contribution in [3.63, 3.8) is 0 Å². The molecule has 0 saturated heterocycles. The van der Waals surface area contributed by atoms with Gasteiger partial charge in [-0.2, -0.15) is 0 Å². The molecule has 0 aliphatic rings. The van der Waals surface area contributed by atoms with Gasteiger partial charge in [0.1, 0.15) is 16.9 Å². The number of H-pyrrole nitrogens is 1. The smallest absolute Gasteiger partial charge is 0.342 e. The van der Waals surface area contributed by atoms with Crippen molar-refractivity contribution < 1.29 is 19.8 Å². The molecule has 0 aliphatic carbocycles. The van der Waals surface area contributed by atoms with Crippen LogP contribution >= 0.6 is 0 Å². The molecule has 9 heteroatoms. The van der Waals surface area contributed by atoms with Crippen LogP contribution in [0, 0.1) is 0 Å². The largest absolute Gasteiger partial charge is 0.478 e. The van der Waals surface area contributed by atoms with E-state index in [2.05, 4.69) is 9.97 Å². The fraction of sp³-hybridized carbons (Fsp3) is 0. The first-order chi connectivity index (χ1) is 11.9. The van der Waals surface area contributed by atoms with Gasteiger partial charge in [0.2, 0.25) is 0 Å². The molecule has 0 atom stereocenters. The average Bonchev–Trinajstić information content (AvgIpc) is 3.07. The minimum Gasteiger partial charge on any atom is -0.478 e. The van der Waals surface area contributed by atoms with Crippen LogP contribution in [0.1, 0.15) is 20.7 Å². The molecule has 0 unspecified atom stereocenters. The van der Waals surface area contributed by atoms with E-state index in [1.165, 1.54) is 18.6 Å². The van der Waals surface area contributed by atoms with E-state index in [0.717, 1.165) is 0 Å². The number of carboxylic acids is 2. The summed E-state index contributed by atoms with van der Waals surface area (Å²) in [6.07, 6.45) is 4.59. The van der Waals surface area contributed by atoms with Gasteiger partial charge in [-0.3, -0.25) is 4.79 Å². The molecule has 0 fully saturated rings. The van der Waals surface area contributed by atoms with Crippen LogP contribution in [0.4, 0.5) is 5.82 Å². The number of nitrogens with two attached hydrogens (primary N) is 1. The van der Waals surface area contributed by atoms with Crippen LogP contribution in [0.5, 0.6) is 0 Å². The minimum absolute atomic E-state index is 0.230. The third kappa shape index (κ3) is 2.63.